The molecule has 1 aliphatic rings. The van der Waals surface area contributed by atoms with Gasteiger partial charge in [0.25, 0.3) is 0 Å². The molecular weight excluding hydrogens is 264 g/mol. The van der Waals surface area contributed by atoms with Crippen LogP contribution in [0.3, 0.4) is 0 Å². The van der Waals surface area contributed by atoms with Crippen LogP contribution in [0.15, 0.2) is 24.8 Å². The second-order valence-electron chi connectivity index (χ2n) is 5.53. The van der Waals surface area contributed by atoms with Crippen LogP contribution in [-0.2, 0) is 6.42 Å². The van der Waals surface area contributed by atoms with Gasteiger partial charge in [-0.3, -0.25) is 5.10 Å². The van der Waals surface area contributed by atoms with Crippen LogP contribution in [-0.4, -0.2) is 38.2 Å². The molecule has 0 aliphatic carbocycles. The first-order valence-electron chi connectivity index (χ1n) is 7.42. The Morgan fingerprint density at radius 1 is 1.38 bits per heavy atom. The van der Waals surface area contributed by atoms with E-state index in [4.69, 9.17) is 0 Å². The lowest BCUT2D eigenvalue weighted by molar-refractivity contribution is 0.737. The van der Waals surface area contributed by atoms with Gasteiger partial charge in [0.2, 0.25) is 0 Å². The number of nitrogens with zero attached hydrogens (tertiary/aromatic N) is 4. The van der Waals surface area contributed by atoms with Crippen LogP contribution in [0.1, 0.15) is 30.5 Å². The molecule has 0 saturated carbocycles. The van der Waals surface area contributed by atoms with Gasteiger partial charge in [-0.25, -0.2) is 9.97 Å². The second-order valence-corrected chi connectivity index (χ2v) is 5.53. The number of fused-ring (bicyclic) bond motifs is 1. The van der Waals surface area contributed by atoms with Gasteiger partial charge in [0, 0.05) is 37.1 Å². The Labute approximate surface area is 122 Å². The molecule has 0 spiro atoms. The first-order valence-corrected chi connectivity index (χ1v) is 7.42. The van der Waals surface area contributed by atoms with Crippen molar-refractivity contribution in [2.75, 3.05) is 18.0 Å². The van der Waals surface area contributed by atoms with Crippen LogP contribution < -0.4 is 4.90 Å². The fraction of sp³-hybridized carbons (Fsp3) is 0.400. The first-order chi connectivity index (χ1) is 10.4. The summed E-state index contributed by atoms with van der Waals surface area (Å²) >= 11 is 0. The van der Waals surface area contributed by atoms with E-state index in [0.717, 1.165) is 37.4 Å². The number of aromatic nitrogens is 5. The van der Waals surface area contributed by atoms with E-state index in [2.05, 4.69) is 43.0 Å². The molecule has 6 nitrogen and oxygen atoms in total. The lowest BCUT2D eigenvalue weighted by Crippen LogP contribution is -2.21. The summed E-state index contributed by atoms with van der Waals surface area (Å²) in [4.78, 5) is 14.5. The minimum Gasteiger partial charge on any atom is -0.355 e. The quantitative estimate of drug-likeness (QED) is 0.772. The molecule has 0 amide bonds. The number of rotatable bonds is 3. The molecule has 1 atom stereocenters. The maximum atomic E-state index is 4.55. The van der Waals surface area contributed by atoms with Gasteiger partial charge in [-0.2, -0.15) is 5.10 Å². The summed E-state index contributed by atoms with van der Waals surface area (Å²) in [5.74, 6) is 1.56. The Hall–Kier alpha value is -2.37. The summed E-state index contributed by atoms with van der Waals surface area (Å²) in [7, 11) is 0. The molecule has 3 aromatic heterocycles. The van der Waals surface area contributed by atoms with Crippen LogP contribution in [0.5, 0.6) is 0 Å². The van der Waals surface area contributed by atoms with E-state index in [0.29, 0.717) is 5.92 Å². The van der Waals surface area contributed by atoms with Gasteiger partial charge in [0.15, 0.2) is 0 Å². The lowest BCUT2D eigenvalue weighted by atomic mass is 10.1. The van der Waals surface area contributed by atoms with Crippen LogP contribution >= 0.6 is 0 Å². The van der Waals surface area contributed by atoms with Crippen molar-refractivity contribution in [2.24, 2.45) is 0 Å². The van der Waals surface area contributed by atoms with Crippen LogP contribution in [0.4, 0.5) is 5.82 Å². The average Bonchev–Trinajstić information content (AvgIpc) is 3.25. The Balaban J connectivity index is 1.70. The normalized spacial score (nSPS) is 18.7. The highest BCUT2D eigenvalue weighted by molar-refractivity contribution is 5.90. The van der Waals surface area contributed by atoms with Crippen molar-refractivity contribution in [3.63, 3.8) is 0 Å². The van der Waals surface area contributed by atoms with Crippen molar-refractivity contribution in [1.29, 1.82) is 0 Å². The molecule has 108 valence electrons. The van der Waals surface area contributed by atoms with Crippen molar-refractivity contribution in [2.45, 2.75) is 25.7 Å². The van der Waals surface area contributed by atoms with E-state index in [1.807, 2.05) is 12.4 Å². The second kappa shape index (κ2) is 4.87. The fourth-order valence-corrected chi connectivity index (χ4v) is 3.23. The molecule has 4 rings (SSSR count). The Morgan fingerprint density at radius 3 is 3.14 bits per heavy atom. The van der Waals surface area contributed by atoms with Crippen LogP contribution in [0, 0.1) is 0 Å². The van der Waals surface area contributed by atoms with E-state index < -0.39 is 0 Å². The van der Waals surface area contributed by atoms with Gasteiger partial charge in [0.05, 0.1) is 5.39 Å². The van der Waals surface area contributed by atoms with Gasteiger partial charge in [-0.1, -0.05) is 6.92 Å². The molecule has 1 saturated heterocycles. The van der Waals surface area contributed by atoms with E-state index in [1.165, 1.54) is 16.6 Å². The number of nitrogens with one attached hydrogen (secondary N) is 2. The summed E-state index contributed by atoms with van der Waals surface area (Å²) in [6, 6.07) is 2.07. The topological polar surface area (TPSA) is 73.5 Å². The Bertz CT molecular complexity index is 745. The minimum atomic E-state index is 0.501. The third kappa shape index (κ3) is 1.98. The summed E-state index contributed by atoms with van der Waals surface area (Å²) in [5, 5.41) is 8.32. The summed E-state index contributed by atoms with van der Waals surface area (Å²) in [6.45, 7) is 4.16. The van der Waals surface area contributed by atoms with E-state index >= 15 is 0 Å². The Morgan fingerprint density at radius 2 is 2.33 bits per heavy atom. The van der Waals surface area contributed by atoms with Gasteiger partial charge in [0.1, 0.15) is 17.8 Å². The fourth-order valence-electron chi connectivity index (χ4n) is 3.23. The molecule has 0 aromatic carbocycles. The number of hydrogen-bond acceptors (Lipinski definition) is 4. The largest absolute Gasteiger partial charge is 0.355 e. The highest BCUT2D eigenvalue weighted by atomic mass is 15.2. The molecule has 1 aliphatic heterocycles. The van der Waals surface area contributed by atoms with Crippen molar-refractivity contribution < 1.29 is 0 Å². The summed E-state index contributed by atoms with van der Waals surface area (Å²) < 4.78 is 0. The van der Waals surface area contributed by atoms with Gasteiger partial charge in [-0.05, 0) is 24.5 Å². The predicted octanol–water partition coefficient (Wildman–Crippen LogP) is 2.24. The van der Waals surface area contributed by atoms with Gasteiger partial charge < -0.3 is 9.88 Å². The average molecular weight is 282 g/mol. The molecule has 21 heavy (non-hydrogen) atoms. The zero-order valence-corrected chi connectivity index (χ0v) is 12.0. The van der Waals surface area contributed by atoms with E-state index in [1.54, 1.807) is 6.33 Å². The van der Waals surface area contributed by atoms with Gasteiger partial charge in [-0.15, -0.1) is 0 Å². The zero-order valence-electron chi connectivity index (χ0n) is 12.0. The SMILES string of the molecule is CCc1c[nH]c2ncnc(N3CCC(c4ccn[nH]4)C3)c12. The van der Waals surface area contributed by atoms with Crippen molar-refractivity contribution in [1.82, 2.24) is 25.1 Å². The zero-order chi connectivity index (χ0) is 14.2. The van der Waals surface area contributed by atoms with E-state index in [-0.39, 0.29) is 0 Å². The molecular formula is C15H18N6. The van der Waals surface area contributed by atoms with Crippen LogP contribution in [0.2, 0.25) is 0 Å². The highest BCUT2D eigenvalue weighted by Gasteiger charge is 2.27. The first kappa shape index (κ1) is 12.4. The third-order valence-corrected chi connectivity index (χ3v) is 4.36. The highest BCUT2D eigenvalue weighted by Crippen LogP contribution is 2.33. The lowest BCUT2D eigenvalue weighted by Gasteiger charge is -2.18. The Kier molecular flexibility index (Phi) is 2.87. The summed E-state index contributed by atoms with van der Waals surface area (Å²) in [6.07, 6.45) is 7.63. The monoisotopic (exact) mass is 282 g/mol. The smallest absolute Gasteiger partial charge is 0.143 e. The number of H-pyrrole nitrogens is 2. The molecule has 2 N–H and O–H groups in total. The molecule has 1 unspecified atom stereocenters. The molecule has 6 heteroatoms. The molecule has 0 radical (unpaired) electrons. The number of aryl methyl sites for hydroxylation is 1. The van der Waals surface area contributed by atoms with Crippen molar-refractivity contribution >= 4 is 16.9 Å². The maximum Gasteiger partial charge on any atom is 0.143 e. The van der Waals surface area contributed by atoms with Crippen molar-refractivity contribution in [3.8, 4) is 0 Å². The minimum absolute atomic E-state index is 0.501. The third-order valence-electron chi connectivity index (χ3n) is 4.36. The number of anilines is 1. The van der Waals surface area contributed by atoms with Crippen LogP contribution in [0.25, 0.3) is 11.0 Å². The van der Waals surface area contributed by atoms with Crippen molar-refractivity contribution in [3.05, 3.63) is 36.0 Å². The molecule has 0 bridgehead atoms. The number of hydrogen-bond donors (Lipinski definition) is 2. The molecule has 4 heterocycles. The standard InChI is InChI=1S/C15H18N6/c1-2-10-7-16-14-13(10)15(18-9-17-14)21-6-4-11(8-21)12-3-5-19-20-12/h3,5,7,9,11H,2,4,6,8H2,1H3,(H,19,20)(H,16,17,18). The molecule has 1 fully saturated rings. The predicted molar refractivity (Wildman–Crippen MR) is 81.4 cm³/mol. The van der Waals surface area contributed by atoms with Gasteiger partial charge >= 0.3 is 0 Å². The van der Waals surface area contributed by atoms with E-state index in [9.17, 15) is 0 Å². The summed E-state index contributed by atoms with van der Waals surface area (Å²) in [5.41, 5.74) is 3.43. The number of aromatic amines is 2. The molecule has 3 aromatic rings. The maximum absolute atomic E-state index is 4.55.